The van der Waals surface area contributed by atoms with Gasteiger partial charge in [0.2, 0.25) is 0 Å². The Labute approximate surface area is 101 Å². The molecule has 0 amide bonds. The third-order valence-electron chi connectivity index (χ3n) is 1.66. The average Bonchev–Trinajstić information content (AvgIpc) is 2.16. The first-order valence-corrected chi connectivity index (χ1v) is 5.79. The van der Waals surface area contributed by atoms with E-state index in [-0.39, 0.29) is 0 Å². The van der Waals surface area contributed by atoms with Crippen molar-refractivity contribution >= 4 is 43.6 Å². The van der Waals surface area contributed by atoms with E-state index in [1.54, 1.807) is 0 Å². The van der Waals surface area contributed by atoms with Crippen molar-refractivity contribution in [3.05, 3.63) is 45.9 Å². The summed E-state index contributed by atoms with van der Waals surface area (Å²) >= 11 is 6.69. The van der Waals surface area contributed by atoms with E-state index in [0.717, 1.165) is 21.2 Å². The van der Waals surface area contributed by atoms with Crippen LogP contribution in [0.3, 0.4) is 0 Å². The molecule has 0 unspecified atom stereocenters. The highest BCUT2D eigenvalue weighted by molar-refractivity contribution is 9.28. The van der Waals surface area contributed by atoms with Crippen LogP contribution >= 0.6 is 31.9 Å². The predicted octanol–water partition coefficient (Wildman–Crippen LogP) is 4.37. The summed E-state index contributed by atoms with van der Waals surface area (Å²) < 4.78 is 0.929. The van der Waals surface area contributed by atoms with Gasteiger partial charge in [0.15, 0.2) is 0 Å². The third kappa shape index (κ3) is 3.68. The van der Waals surface area contributed by atoms with Crippen molar-refractivity contribution in [1.29, 1.82) is 0 Å². The summed E-state index contributed by atoms with van der Waals surface area (Å²) in [6.45, 7) is 4.44. The van der Waals surface area contributed by atoms with Gasteiger partial charge in [0.25, 0.3) is 0 Å². The van der Waals surface area contributed by atoms with Gasteiger partial charge < -0.3 is 5.32 Å². The zero-order chi connectivity index (χ0) is 10.4. The quantitative estimate of drug-likeness (QED) is 0.813. The number of para-hydroxylation sites is 1. The molecule has 1 rings (SSSR count). The molecular weight excluding hydrogens is 306 g/mol. The van der Waals surface area contributed by atoms with Crippen LogP contribution in [0.5, 0.6) is 0 Å². The molecule has 0 saturated carbocycles. The van der Waals surface area contributed by atoms with E-state index in [9.17, 15) is 0 Å². The molecule has 14 heavy (non-hydrogen) atoms. The van der Waals surface area contributed by atoms with Gasteiger partial charge in [-0.1, -0.05) is 24.3 Å². The van der Waals surface area contributed by atoms with Crippen molar-refractivity contribution in [2.45, 2.75) is 0 Å². The van der Waals surface area contributed by atoms with Crippen LogP contribution in [0.15, 0.2) is 40.3 Å². The molecular formula is C11H11Br2N. The Morgan fingerprint density at radius 1 is 1.36 bits per heavy atom. The third-order valence-corrected chi connectivity index (χ3v) is 2.12. The molecule has 1 aromatic carbocycles. The van der Waals surface area contributed by atoms with E-state index in [1.165, 1.54) is 0 Å². The maximum atomic E-state index is 3.67. The molecule has 3 heteroatoms. The molecule has 0 aromatic heterocycles. The highest BCUT2D eigenvalue weighted by Gasteiger charge is 1.97. The zero-order valence-corrected chi connectivity index (χ0v) is 10.8. The summed E-state index contributed by atoms with van der Waals surface area (Å²) in [7, 11) is 0. The highest BCUT2D eigenvalue weighted by Crippen LogP contribution is 2.23. The molecule has 0 bridgehead atoms. The maximum Gasteiger partial charge on any atom is 0.0610 e. The summed E-state index contributed by atoms with van der Waals surface area (Å²) in [6, 6.07) is 8.10. The number of halogens is 2. The molecule has 0 aliphatic carbocycles. The minimum atomic E-state index is 0.769. The van der Waals surface area contributed by atoms with Crippen molar-refractivity contribution in [2.24, 2.45) is 0 Å². The lowest BCUT2D eigenvalue weighted by Crippen LogP contribution is -1.99. The molecule has 0 saturated heterocycles. The van der Waals surface area contributed by atoms with E-state index in [0.29, 0.717) is 0 Å². The molecule has 0 aliphatic heterocycles. The van der Waals surface area contributed by atoms with Gasteiger partial charge in [-0.25, -0.2) is 0 Å². The average molecular weight is 317 g/mol. The first-order chi connectivity index (χ1) is 6.74. The van der Waals surface area contributed by atoms with Crippen LogP contribution in [-0.2, 0) is 0 Å². The largest absolute Gasteiger partial charge is 0.381 e. The fourth-order valence-electron chi connectivity index (χ4n) is 1.08. The van der Waals surface area contributed by atoms with Crippen LogP contribution in [0, 0.1) is 0 Å². The van der Waals surface area contributed by atoms with Crippen molar-refractivity contribution in [3.63, 3.8) is 0 Å². The smallest absolute Gasteiger partial charge is 0.0610 e. The second kappa shape index (κ2) is 6.04. The van der Waals surface area contributed by atoms with Gasteiger partial charge in [-0.2, -0.15) is 0 Å². The molecule has 1 nitrogen and oxygen atoms in total. The Morgan fingerprint density at radius 3 is 2.71 bits per heavy atom. The summed E-state index contributed by atoms with van der Waals surface area (Å²) in [6.07, 6.45) is 3.84. The fraction of sp³-hybridized carbons (Fsp3) is 0.0909. The van der Waals surface area contributed by atoms with Gasteiger partial charge in [-0.05, 0) is 49.6 Å². The molecule has 0 aliphatic rings. The van der Waals surface area contributed by atoms with E-state index in [4.69, 9.17) is 0 Å². The van der Waals surface area contributed by atoms with Crippen molar-refractivity contribution < 1.29 is 0 Å². The fourth-order valence-corrected chi connectivity index (χ4v) is 1.58. The summed E-state index contributed by atoms with van der Waals surface area (Å²) in [4.78, 5) is 0. The lowest BCUT2D eigenvalue weighted by Gasteiger charge is -2.06. The molecule has 0 fully saturated rings. The zero-order valence-electron chi connectivity index (χ0n) is 7.63. The summed E-state index contributed by atoms with van der Waals surface area (Å²) in [5.41, 5.74) is 2.24. The van der Waals surface area contributed by atoms with Crippen molar-refractivity contribution in [3.8, 4) is 0 Å². The predicted molar refractivity (Wildman–Crippen MR) is 71.0 cm³/mol. The number of hydrogen-bond donors (Lipinski definition) is 1. The lowest BCUT2D eigenvalue weighted by molar-refractivity contribution is 1.34. The van der Waals surface area contributed by atoms with Gasteiger partial charge in [0, 0.05) is 12.2 Å². The number of nitrogens with one attached hydrogen (secondary N) is 1. The van der Waals surface area contributed by atoms with E-state index in [1.807, 2.05) is 36.4 Å². The minimum Gasteiger partial charge on any atom is -0.381 e. The maximum absolute atomic E-state index is 3.67. The highest BCUT2D eigenvalue weighted by atomic mass is 79.9. The van der Waals surface area contributed by atoms with Gasteiger partial charge >= 0.3 is 0 Å². The van der Waals surface area contributed by atoms with E-state index >= 15 is 0 Å². The van der Waals surface area contributed by atoms with Gasteiger partial charge in [0.05, 0.1) is 3.39 Å². The first kappa shape index (κ1) is 11.5. The molecule has 1 aromatic rings. The Bertz CT molecular complexity index is 341. The molecule has 0 radical (unpaired) electrons. The second-order valence-corrected chi connectivity index (χ2v) is 5.46. The first-order valence-electron chi connectivity index (χ1n) is 4.20. The SMILES string of the molecule is C=CCNc1ccccc1C=C(Br)Br. The summed E-state index contributed by atoms with van der Waals surface area (Å²) in [5, 5.41) is 3.26. The van der Waals surface area contributed by atoms with Crippen LogP contribution in [-0.4, -0.2) is 6.54 Å². The van der Waals surface area contributed by atoms with Crippen LogP contribution < -0.4 is 5.32 Å². The molecule has 1 N–H and O–H groups in total. The van der Waals surface area contributed by atoms with Crippen LogP contribution in [0.25, 0.3) is 6.08 Å². The Hall–Kier alpha value is -0.540. The normalized spacial score (nSPS) is 9.29. The topological polar surface area (TPSA) is 12.0 Å². The van der Waals surface area contributed by atoms with E-state index < -0.39 is 0 Å². The Balaban J connectivity index is 2.91. The minimum absolute atomic E-state index is 0.769. The number of rotatable bonds is 4. The van der Waals surface area contributed by atoms with Gasteiger partial charge in [-0.3, -0.25) is 0 Å². The number of anilines is 1. The second-order valence-electron chi connectivity index (χ2n) is 2.69. The van der Waals surface area contributed by atoms with Crippen LogP contribution in [0.1, 0.15) is 5.56 Å². The Kier molecular flexibility index (Phi) is 4.98. The number of hydrogen-bond acceptors (Lipinski definition) is 1. The molecule has 0 heterocycles. The molecule has 0 atom stereocenters. The molecule has 74 valence electrons. The van der Waals surface area contributed by atoms with Gasteiger partial charge in [0.1, 0.15) is 0 Å². The van der Waals surface area contributed by atoms with E-state index in [2.05, 4.69) is 43.8 Å². The molecule has 0 spiro atoms. The standard InChI is InChI=1S/C11H11Br2N/c1-2-7-14-10-6-4-3-5-9(10)8-11(12)13/h2-6,8,14H,1,7H2. The lowest BCUT2D eigenvalue weighted by atomic mass is 10.2. The Morgan fingerprint density at radius 2 is 2.07 bits per heavy atom. The van der Waals surface area contributed by atoms with Crippen LogP contribution in [0.2, 0.25) is 0 Å². The number of benzene rings is 1. The summed E-state index contributed by atoms with van der Waals surface area (Å²) in [5.74, 6) is 0. The van der Waals surface area contributed by atoms with Gasteiger partial charge in [-0.15, -0.1) is 6.58 Å². The van der Waals surface area contributed by atoms with Crippen molar-refractivity contribution in [2.75, 3.05) is 11.9 Å². The monoisotopic (exact) mass is 315 g/mol. The van der Waals surface area contributed by atoms with Crippen molar-refractivity contribution in [1.82, 2.24) is 0 Å². The van der Waals surface area contributed by atoms with Crippen LogP contribution in [0.4, 0.5) is 5.69 Å².